The highest BCUT2D eigenvalue weighted by molar-refractivity contribution is 5.78. The lowest BCUT2D eigenvalue weighted by Crippen LogP contribution is -2.09. The Morgan fingerprint density at radius 2 is 0.286 bits per heavy atom. The van der Waals surface area contributed by atoms with E-state index in [1.165, 1.54) is 112 Å². The molecule has 0 fully saturated rings. The quantitative estimate of drug-likeness (QED) is 0.114. The second-order valence-corrected chi connectivity index (χ2v) is 20.7. The third kappa shape index (κ3) is 13.9. The van der Waals surface area contributed by atoms with Gasteiger partial charge in [-0.1, -0.05) is 279 Å². The van der Waals surface area contributed by atoms with Gasteiger partial charge in [0.2, 0.25) is 0 Å². The van der Waals surface area contributed by atoms with E-state index in [1.54, 1.807) is 0 Å². The van der Waals surface area contributed by atoms with Crippen LogP contribution in [0.5, 0.6) is 0 Å². The van der Waals surface area contributed by atoms with Gasteiger partial charge in [0.05, 0.1) is 0 Å². The van der Waals surface area contributed by atoms with E-state index in [9.17, 15) is 0 Å². The monoisotopic (exact) mass is 1080 g/mol. The Balaban J connectivity index is 0.000000133. The molecule has 13 aromatic carbocycles. The first-order valence-electron chi connectivity index (χ1n) is 28.6. The number of benzene rings is 13. The van der Waals surface area contributed by atoms with E-state index < -0.39 is 0 Å². The van der Waals surface area contributed by atoms with Gasteiger partial charge in [-0.3, -0.25) is 0 Å². The Bertz CT molecular complexity index is 4030. The largest absolute Gasteiger partial charge is 0.345 e. The molecule has 3 heteroatoms. The third-order valence-electron chi connectivity index (χ3n) is 15.3. The number of rotatable bonds is 13. The van der Waals surface area contributed by atoms with Crippen LogP contribution in [0.3, 0.4) is 0 Å². The lowest BCUT2D eigenvalue weighted by Gasteiger charge is -2.21. The van der Waals surface area contributed by atoms with Gasteiger partial charge in [-0.15, -0.1) is 0 Å². The molecule has 13 rings (SSSR count). The predicted molar refractivity (Wildman–Crippen MR) is 361 cm³/mol. The second-order valence-electron chi connectivity index (χ2n) is 20.7. The van der Waals surface area contributed by atoms with Crippen molar-refractivity contribution in [2.75, 3.05) is 35.8 Å². The molecule has 0 N–H and O–H groups in total. The predicted octanol–water partition coefficient (Wildman–Crippen LogP) is 22.0. The molecule has 84 heavy (non-hydrogen) atoms. The maximum Gasteiger partial charge on any atom is 0.0414 e. The van der Waals surface area contributed by atoms with Crippen LogP contribution >= 0.6 is 0 Å². The average Bonchev–Trinajstić information content (AvgIpc) is 3.61. The van der Waals surface area contributed by atoms with Gasteiger partial charge in [0, 0.05) is 55.3 Å². The fourth-order valence-electron chi connectivity index (χ4n) is 10.4. The van der Waals surface area contributed by atoms with E-state index in [0.717, 1.165) is 0 Å². The lowest BCUT2D eigenvalue weighted by molar-refractivity contribution is 1.21. The zero-order chi connectivity index (χ0) is 57.3. The Labute approximate surface area is 497 Å². The summed E-state index contributed by atoms with van der Waals surface area (Å²) >= 11 is 0. The lowest BCUT2D eigenvalue weighted by atomic mass is 10.00. The minimum Gasteiger partial charge on any atom is -0.345 e. The summed E-state index contributed by atoms with van der Waals surface area (Å²) in [5.74, 6) is 0. The molecule has 0 saturated carbocycles. The molecule has 0 bridgehead atoms. The zero-order valence-corrected chi connectivity index (χ0v) is 47.8. The van der Waals surface area contributed by atoms with Gasteiger partial charge in [0.15, 0.2) is 0 Å². The van der Waals surface area contributed by atoms with Gasteiger partial charge < -0.3 is 14.7 Å². The Kier molecular flexibility index (Phi) is 17.8. The normalized spacial score (nSPS) is 10.6. The van der Waals surface area contributed by atoms with E-state index in [4.69, 9.17) is 0 Å². The van der Waals surface area contributed by atoms with Crippen LogP contribution < -0.4 is 14.7 Å². The van der Waals surface area contributed by atoms with Crippen molar-refractivity contribution >= 4 is 34.1 Å². The Morgan fingerprint density at radius 3 is 0.500 bits per heavy atom. The third-order valence-corrected chi connectivity index (χ3v) is 15.3. The summed E-state index contributed by atoms with van der Waals surface area (Å²) in [4.78, 5) is 6.69. The summed E-state index contributed by atoms with van der Waals surface area (Å²) in [6.45, 7) is 0. The molecule has 0 aliphatic rings. The van der Waals surface area contributed by atoms with Crippen molar-refractivity contribution in [2.24, 2.45) is 0 Å². The molecule has 406 valence electrons. The van der Waals surface area contributed by atoms with Gasteiger partial charge >= 0.3 is 0 Å². The van der Waals surface area contributed by atoms with Crippen LogP contribution in [-0.4, -0.2) is 21.1 Å². The van der Waals surface area contributed by atoms with Crippen molar-refractivity contribution in [3.63, 3.8) is 0 Å². The number of nitrogens with zero attached hydrogens (tertiary/aromatic N) is 3. The van der Waals surface area contributed by atoms with E-state index in [0.29, 0.717) is 0 Å². The van der Waals surface area contributed by atoms with Crippen LogP contribution in [0.25, 0.3) is 77.9 Å². The molecule has 0 saturated heterocycles. The van der Waals surface area contributed by atoms with Crippen molar-refractivity contribution in [3.05, 3.63) is 352 Å². The Hall–Kier alpha value is -10.7. The summed E-state index contributed by atoms with van der Waals surface area (Å²) < 4.78 is 0. The van der Waals surface area contributed by atoms with Crippen molar-refractivity contribution in [1.82, 2.24) is 0 Å². The van der Waals surface area contributed by atoms with Gasteiger partial charge in [-0.2, -0.15) is 0 Å². The van der Waals surface area contributed by atoms with Gasteiger partial charge in [-0.05, 0) is 151 Å². The maximum atomic E-state index is 2.24. The highest BCUT2D eigenvalue weighted by Gasteiger charge is 2.11. The molecule has 0 aliphatic carbocycles. The molecule has 0 heterocycles. The van der Waals surface area contributed by atoms with Crippen LogP contribution in [-0.2, 0) is 0 Å². The minimum absolute atomic E-state index is 1.17. The second kappa shape index (κ2) is 27.1. The summed E-state index contributed by atoms with van der Waals surface area (Å²) in [7, 11) is 6.35. The molecule has 0 aliphatic heterocycles. The highest BCUT2D eigenvalue weighted by Crippen LogP contribution is 2.35. The molecule has 13 aromatic rings. The molecule has 0 unspecified atom stereocenters. The van der Waals surface area contributed by atoms with E-state index in [-0.39, 0.29) is 0 Å². The van der Waals surface area contributed by atoms with E-state index in [2.05, 4.69) is 369 Å². The summed E-state index contributed by atoms with van der Waals surface area (Å²) in [5.41, 5.74) is 24.3. The van der Waals surface area contributed by atoms with Gasteiger partial charge in [0.25, 0.3) is 0 Å². The van der Waals surface area contributed by atoms with Crippen LogP contribution in [0.4, 0.5) is 34.1 Å². The Morgan fingerprint density at radius 1 is 0.131 bits per heavy atom. The van der Waals surface area contributed by atoms with Gasteiger partial charge in [0.1, 0.15) is 0 Å². The van der Waals surface area contributed by atoms with Crippen LogP contribution in [0.2, 0.25) is 0 Å². The number of hydrogen-bond acceptors (Lipinski definition) is 3. The van der Waals surface area contributed by atoms with E-state index in [1.807, 2.05) is 18.2 Å². The summed E-state index contributed by atoms with van der Waals surface area (Å²) in [6, 6.07) is 124. The molecule has 0 radical (unpaired) electrons. The van der Waals surface area contributed by atoms with Crippen molar-refractivity contribution in [1.29, 1.82) is 0 Å². The smallest absolute Gasteiger partial charge is 0.0414 e. The summed E-state index contributed by atoms with van der Waals surface area (Å²) in [6.07, 6.45) is 0. The van der Waals surface area contributed by atoms with Crippen molar-refractivity contribution in [3.8, 4) is 77.9 Å². The number of anilines is 6. The molecule has 0 amide bonds. The molecule has 0 spiro atoms. The standard InChI is InChI=1S/C31H25N.2C25H21N/c1-32(31-14-8-13-29(23-31)25-11-6-3-7-12-25)30-21-19-28(20-22-30)27-17-15-26(16-18-27)24-9-4-2-5-10-24;1-26(24-16-8-14-22(18-24)20-10-4-2-5-11-20)25-17-9-15-23(19-25)21-12-6-3-7-13-21;1-26(24-17-15-22(16-18-24)20-9-4-2-5-10-20)25-14-8-13-23(19-25)21-11-6-3-7-12-21/h2-23H,1H3;2*2-19H,1H3. The first-order valence-corrected chi connectivity index (χ1v) is 28.6. The molecule has 0 atom stereocenters. The molecular formula is C81H67N3. The minimum atomic E-state index is 1.17. The highest BCUT2D eigenvalue weighted by atomic mass is 15.1. The van der Waals surface area contributed by atoms with Gasteiger partial charge in [-0.25, -0.2) is 0 Å². The fourth-order valence-corrected chi connectivity index (χ4v) is 10.4. The SMILES string of the molecule is CN(c1ccc(-c2ccc(-c3ccccc3)cc2)cc1)c1cccc(-c2ccccc2)c1.CN(c1ccc(-c2ccccc2)cc1)c1cccc(-c2ccccc2)c1.CN(c1cccc(-c2ccccc2)c1)c1cccc(-c2ccccc2)c1. The maximum absolute atomic E-state index is 2.24. The molecule has 0 aromatic heterocycles. The average molecular weight is 1080 g/mol. The fraction of sp³-hybridized carbons (Fsp3) is 0.0370. The first-order chi connectivity index (χ1) is 41.4. The summed E-state index contributed by atoms with van der Waals surface area (Å²) in [5, 5.41) is 0. The van der Waals surface area contributed by atoms with Crippen LogP contribution in [0, 0.1) is 0 Å². The molecule has 3 nitrogen and oxygen atoms in total. The van der Waals surface area contributed by atoms with E-state index >= 15 is 0 Å². The number of hydrogen-bond donors (Lipinski definition) is 0. The van der Waals surface area contributed by atoms with Crippen molar-refractivity contribution in [2.45, 2.75) is 0 Å². The van der Waals surface area contributed by atoms with Crippen molar-refractivity contribution < 1.29 is 0 Å². The molecular weight excluding hydrogens is 1010 g/mol. The zero-order valence-electron chi connectivity index (χ0n) is 47.8. The van der Waals surface area contributed by atoms with Crippen LogP contribution in [0.15, 0.2) is 352 Å². The van der Waals surface area contributed by atoms with Crippen LogP contribution in [0.1, 0.15) is 0 Å². The first kappa shape index (κ1) is 55.2. The topological polar surface area (TPSA) is 9.72 Å².